The van der Waals surface area contributed by atoms with E-state index in [2.05, 4.69) is 36.3 Å². The van der Waals surface area contributed by atoms with E-state index < -0.39 is 0 Å². The second-order valence-corrected chi connectivity index (χ2v) is 5.81. The Morgan fingerprint density at radius 3 is 2.61 bits per heavy atom. The zero-order valence-corrected chi connectivity index (χ0v) is 14.4. The first-order valence-corrected chi connectivity index (χ1v) is 7.84. The van der Waals surface area contributed by atoms with Crippen LogP contribution in [-0.2, 0) is 6.42 Å². The van der Waals surface area contributed by atoms with Crippen molar-refractivity contribution >= 4 is 23.2 Å². The molecule has 0 bridgehead atoms. The molecule has 23 heavy (non-hydrogen) atoms. The molecule has 3 N–H and O–H groups in total. The van der Waals surface area contributed by atoms with Gasteiger partial charge in [0.05, 0.1) is 7.11 Å². The van der Waals surface area contributed by atoms with Crippen LogP contribution in [0.5, 0.6) is 5.75 Å². The van der Waals surface area contributed by atoms with Gasteiger partial charge in [0.25, 0.3) is 0 Å². The minimum Gasteiger partial charge on any atom is -0.497 e. The first-order chi connectivity index (χ1) is 11.0. The van der Waals surface area contributed by atoms with Crippen molar-refractivity contribution in [2.45, 2.75) is 20.3 Å². The third kappa shape index (κ3) is 4.89. The zero-order valence-electron chi connectivity index (χ0n) is 13.7. The van der Waals surface area contributed by atoms with Crippen LogP contribution in [0.1, 0.15) is 16.7 Å². The highest BCUT2D eigenvalue weighted by atomic mass is 35.5. The van der Waals surface area contributed by atoms with Gasteiger partial charge in [0.15, 0.2) is 5.96 Å². The van der Waals surface area contributed by atoms with Crippen molar-refractivity contribution in [2.24, 2.45) is 10.7 Å². The topological polar surface area (TPSA) is 59.6 Å². The molecule has 0 atom stereocenters. The molecule has 0 radical (unpaired) electrons. The van der Waals surface area contributed by atoms with E-state index >= 15 is 0 Å². The van der Waals surface area contributed by atoms with Crippen LogP contribution in [-0.4, -0.2) is 19.6 Å². The number of hydrogen-bond acceptors (Lipinski definition) is 2. The van der Waals surface area contributed by atoms with Gasteiger partial charge in [0, 0.05) is 17.3 Å². The van der Waals surface area contributed by atoms with Gasteiger partial charge in [-0.1, -0.05) is 23.7 Å². The van der Waals surface area contributed by atoms with Crippen LogP contribution in [0, 0.1) is 13.8 Å². The fourth-order valence-corrected chi connectivity index (χ4v) is 2.43. The Morgan fingerprint density at radius 1 is 1.17 bits per heavy atom. The number of nitrogens with two attached hydrogens (primary N) is 1. The van der Waals surface area contributed by atoms with E-state index in [9.17, 15) is 0 Å². The molecule has 0 spiro atoms. The SMILES string of the molecule is COc1ccc(CCN=C(N)Nc2ccc(C)c(C)c2)c(Cl)c1. The number of aliphatic imine (C=N–C) groups is 1. The number of methoxy groups -OCH3 is 1. The summed E-state index contributed by atoms with van der Waals surface area (Å²) < 4.78 is 5.14. The van der Waals surface area contributed by atoms with Gasteiger partial charge < -0.3 is 15.8 Å². The molecule has 2 aromatic rings. The molecule has 0 saturated carbocycles. The minimum absolute atomic E-state index is 0.401. The highest BCUT2D eigenvalue weighted by Gasteiger charge is 2.02. The number of guanidine groups is 1. The van der Waals surface area contributed by atoms with Crippen molar-refractivity contribution in [3.63, 3.8) is 0 Å². The first kappa shape index (κ1) is 17.2. The maximum Gasteiger partial charge on any atom is 0.193 e. The smallest absolute Gasteiger partial charge is 0.193 e. The van der Waals surface area contributed by atoms with E-state index in [4.69, 9.17) is 22.1 Å². The molecule has 122 valence electrons. The Bertz CT molecular complexity index is 713. The number of benzene rings is 2. The summed E-state index contributed by atoms with van der Waals surface area (Å²) in [6.07, 6.45) is 0.720. The van der Waals surface area contributed by atoms with E-state index in [1.54, 1.807) is 13.2 Å². The van der Waals surface area contributed by atoms with Gasteiger partial charge in [-0.25, -0.2) is 0 Å². The van der Waals surface area contributed by atoms with Gasteiger partial charge in [0.2, 0.25) is 0 Å². The van der Waals surface area contributed by atoms with Gasteiger partial charge in [0.1, 0.15) is 5.75 Å². The molecule has 0 aliphatic heterocycles. The van der Waals surface area contributed by atoms with Gasteiger partial charge in [-0.15, -0.1) is 0 Å². The van der Waals surface area contributed by atoms with Gasteiger partial charge in [-0.05, 0) is 61.2 Å². The number of rotatable bonds is 5. The summed E-state index contributed by atoms with van der Waals surface area (Å²) in [6, 6.07) is 11.7. The molecule has 0 aromatic heterocycles. The zero-order chi connectivity index (χ0) is 16.8. The summed E-state index contributed by atoms with van der Waals surface area (Å²) >= 11 is 6.21. The summed E-state index contributed by atoms with van der Waals surface area (Å²) in [6.45, 7) is 4.71. The average molecular weight is 332 g/mol. The fourth-order valence-electron chi connectivity index (χ4n) is 2.16. The first-order valence-electron chi connectivity index (χ1n) is 7.46. The molecule has 0 fully saturated rings. The molecule has 0 heterocycles. The van der Waals surface area contributed by atoms with Crippen LogP contribution in [0.25, 0.3) is 0 Å². The number of nitrogens with zero attached hydrogens (tertiary/aromatic N) is 1. The fraction of sp³-hybridized carbons (Fsp3) is 0.278. The number of anilines is 1. The van der Waals surface area contributed by atoms with E-state index in [1.165, 1.54) is 11.1 Å². The Morgan fingerprint density at radius 2 is 1.96 bits per heavy atom. The van der Waals surface area contributed by atoms with Gasteiger partial charge in [-0.3, -0.25) is 4.99 Å². The van der Waals surface area contributed by atoms with Crippen molar-refractivity contribution in [1.82, 2.24) is 0 Å². The molecule has 0 aliphatic carbocycles. The van der Waals surface area contributed by atoms with E-state index in [-0.39, 0.29) is 0 Å². The maximum atomic E-state index is 6.21. The van der Waals surface area contributed by atoms with E-state index in [1.807, 2.05) is 18.2 Å². The summed E-state index contributed by atoms with van der Waals surface area (Å²) in [5, 5.41) is 3.78. The molecule has 2 aromatic carbocycles. The number of nitrogens with one attached hydrogen (secondary N) is 1. The predicted molar refractivity (Wildman–Crippen MR) is 97.7 cm³/mol. The second kappa shape index (κ2) is 7.88. The van der Waals surface area contributed by atoms with Crippen molar-refractivity contribution in [3.05, 3.63) is 58.1 Å². The lowest BCUT2D eigenvalue weighted by molar-refractivity contribution is 0.414. The largest absolute Gasteiger partial charge is 0.497 e. The monoisotopic (exact) mass is 331 g/mol. The third-order valence-electron chi connectivity index (χ3n) is 3.70. The lowest BCUT2D eigenvalue weighted by atomic mass is 10.1. The maximum absolute atomic E-state index is 6.21. The minimum atomic E-state index is 0.401. The quantitative estimate of drug-likeness (QED) is 0.644. The van der Waals surface area contributed by atoms with Crippen molar-refractivity contribution in [1.29, 1.82) is 0 Å². The van der Waals surface area contributed by atoms with Crippen LogP contribution in [0.3, 0.4) is 0 Å². The number of hydrogen-bond donors (Lipinski definition) is 2. The van der Waals surface area contributed by atoms with Gasteiger partial charge in [-0.2, -0.15) is 0 Å². The third-order valence-corrected chi connectivity index (χ3v) is 4.05. The van der Waals surface area contributed by atoms with Crippen LogP contribution in [0.15, 0.2) is 41.4 Å². The van der Waals surface area contributed by atoms with Crippen LogP contribution >= 0.6 is 11.6 Å². The van der Waals surface area contributed by atoms with Crippen LogP contribution in [0.2, 0.25) is 5.02 Å². The molecular formula is C18H22ClN3O. The van der Waals surface area contributed by atoms with Gasteiger partial charge >= 0.3 is 0 Å². The summed E-state index contributed by atoms with van der Waals surface area (Å²) in [5.74, 6) is 1.15. The summed E-state index contributed by atoms with van der Waals surface area (Å²) in [5.41, 5.74) is 10.4. The average Bonchev–Trinajstić information content (AvgIpc) is 2.52. The molecule has 0 amide bonds. The molecule has 2 rings (SSSR count). The number of ether oxygens (including phenoxy) is 1. The Kier molecular flexibility index (Phi) is 5.88. The molecule has 0 unspecified atom stereocenters. The molecular weight excluding hydrogens is 310 g/mol. The number of aryl methyl sites for hydroxylation is 2. The second-order valence-electron chi connectivity index (χ2n) is 5.40. The lowest BCUT2D eigenvalue weighted by Crippen LogP contribution is -2.23. The molecule has 0 saturated heterocycles. The Labute approximate surface area is 142 Å². The van der Waals surface area contributed by atoms with Crippen molar-refractivity contribution < 1.29 is 4.74 Å². The lowest BCUT2D eigenvalue weighted by Gasteiger charge is -2.08. The van der Waals surface area contributed by atoms with Crippen LogP contribution < -0.4 is 15.8 Å². The predicted octanol–water partition coefficient (Wildman–Crippen LogP) is 3.93. The van der Waals surface area contributed by atoms with Crippen molar-refractivity contribution in [2.75, 3.05) is 19.0 Å². The highest BCUT2D eigenvalue weighted by Crippen LogP contribution is 2.22. The highest BCUT2D eigenvalue weighted by molar-refractivity contribution is 6.31. The Hall–Kier alpha value is -2.20. The number of halogens is 1. The summed E-state index contributed by atoms with van der Waals surface area (Å²) in [7, 11) is 1.62. The van der Waals surface area contributed by atoms with E-state index in [0.29, 0.717) is 17.5 Å². The van der Waals surface area contributed by atoms with E-state index in [0.717, 1.165) is 23.4 Å². The summed E-state index contributed by atoms with van der Waals surface area (Å²) in [4.78, 5) is 4.34. The molecule has 4 nitrogen and oxygen atoms in total. The molecule has 0 aliphatic rings. The standard InChI is InChI=1S/C18H22ClN3O/c1-12-4-6-15(10-13(12)2)22-18(20)21-9-8-14-5-7-16(23-3)11-17(14)19/h4-7,10-11H,8-9H2,1-3H3,(H3,20,21,22). The molecule has 5 heteroatoms. The van der Waals surface area contributed by atoms with Crippen LogP contribution in [0.4, 0.5) is 5.69 Å². The van der Waals surface area contributed by atoms with Crippen molar-refractivity contribution in [3.8, 4) is 5.75 Å². The Balaban J connectivity index is 1.93. The normalized spacial score (nSPS) is 11.4.